The predicted octanol–water partition coefficient (Wildman–Crippen LogP) is -4.37. The van der Waals surface area contributed by atoms with Crippen LogP contribution in [0.4, 0.5) is 0 Å². The first-order valence-electron chi connectivity index (χ1n) is 15.4. The van der Waals surface area contributed by atoms with Crippen LogP contribution < -0.4 is 26.6 Å². The first-order chi connectivity index (χ1) is 21.6. The van der Waals surface area contributed by atoms with Crippen molar-refractivity contribution in [2.75, 3.05) is 72.2 Å². The van der Waals surface area contributed by atoms with E-state index in [0.717, 1.165) is 5.69 Å². The Balaban J connectivity index is 2.48. The van der Waals surface area contributed by atoms with Crippen molar-refractivity contribution in [1.82, 2.24) is 36.5 Å². The summed E-state index contributed by atoms with van der Waals surface area (Å²) >= 11 is 0. The lowest BCUT2D eigenvalue weighted by atomic mass is 9.81. The molecule has 2 heterocycles. The normalized spacial score (nSPS) is 17.6. The van der Waals surface area contributed by atoms with Crippen molar-refractivity contribution in [1.29, 1.82) is 0 Å². The third-order valence-corrected chi connectivity index (χ3v) is 7.61. The maximum atomic E-state index is 12.9. The fourth-order valence-electron chi connectivity index (χ4n) is 5.00. The maximum absolute atomic E-state index is 12.9. The van der Waals surface area contributed by atoms with Gasteiger partial charge in [-0.05, 0) is 25.0 Å². The highest BCUT2D eigenvalue weighted by molar-refractivity contribution is 5.77. The van der Waals surface area contributed by atoms with Crippen LogP contribution in [-0.4, -0.2) is 149 Å². The lowest BCUT2D eigenvalue weighted by Gasteiger charge is -2.44. The van der Waals surface area contributed by atoms with Crippen LogP contribution >= 0.6 is 0 Å². The molecule has 1 aromatic heterocycles. The SMILES string of the molecule is O=C(CCN1CCNCCNCc2cccc(n2)C1(CCC(=O)NC[C@H](O)CO)CCC(=O)NC[C@H](O)CO)NC[C@H](O)CO. The first-order valence-corrected chi connectivity index (χ1v) is 15.4. The summed E-state index contributed by atoms with van der Waals surface area (Å²) in [5.41, 5.74) is 0.325. The minimum atomic E-state index is -1.11. The second-order valence-corrected chi connectivity index (χ2v) is 11.1. The molecule has 3 amide bonds. The minimum absolute atomic E-state index is 0.0188. The number of carbonyl (C=O) groups excluding carboxylic acids is 3. The molecular formula is C29H51N7O9. The van der Waals surface area contributed by atoms with Crippen LogP contribution in [0.25, 0.3) is 0 Å². The van der Waals surface area contributed by atoms with E-state index < -0.39 is 43.7 Å². The number of aromatic nitrogens is 1. The quantitative estimate of drug-likeness (QED) is 0.0726. The van der Waals surface area contributed by atoms with E-state index in [1.54, 1.807) is 0 Å². The Labute approximate surface area is 263 Å². The van der Waals surface area contributed by atoms with Crippen LogP contribution in [0.5, 0.6) is 0 Å². The number of rotatable bonds is 18. The monoisotopic (exact) mass is 641 g/mol. The van der Waals surface area contributed by atoms with E-state index in [4.69, 9.17) is 20.3 Å². The van der Waals surface area contributed by atoms with E-state index in [1.165, 1.54) is 0 Å². The zero-order valence-corrected chi connectivity index (χ0v) is 25.8. The van der Waals surface area contributed by atoms with Crippen molar-refractivity contribution in [2.45, 2.75) is 62.5 Å². The summed E-state index contributed by atoms with van der Waals surface area (Å²) < 4.78 is 0. The highest BCUT2D eigenvalue weighted by Crippen LogP contribution is 2.37. The van der Waals surface area contributed by atoms with Crippen molar-refractivity contribution in [3.8, 4) is 0 Å². The molecule has 45 heavy (non-hydrogen) atoms. The number of amides is 3. The van der Waals surface area contributed by atoms with Gasteiger partial charge in [0.05, 0.1) is 55.1 Å². The summed E-state index contributed by atoms with van der Waals surface area (Å²) in [6, 6.07) is 5.56. The highest BCUT2D eigenvalue weighted by Gasteiger charge is 2.40. The Hall–Kier alpha value is -2.80. The van der Waals surface area contributed by atoms with E-state index in [2.05, 4.69) is 26.6 Å². The second kappa shape index (κ2) is 21.1. The number of hydrogen-bond acceptors (Lipinski definition) is 13. The van der Waals surface area contributed by atoms with Crippen molar-refractivity contribution in [2.24, 2.45) is 0 Å². The smallest absolute Gasteiger partial charge is 0.221 e. The number of pyridine rings is 1. The molecule has 0 aromatic carbocycles. The summed E-state index contributed by atoms with van der Waals surface area (Å²) in [6.07, 6.45) is -2.96. The maximum Gasteiger partial charge on any atom is 0.221 e. The number of hydrogen-bond donors (Lipinski definition) is 11. The van der Waals surface area contributed by atoms with Crippen LogP contribution in [-0.2, 0) is 26.5 Å². The third-order valence-electron chi connectivity index (χ3n) is 7.61. The van der Waals surface area contributed by atoms with Gasteiger partial charge < -0.3 is 57.2 Å². The van der Waals surface area contributed by atoms with Gasteiger partial charge in [0.1, 0.15) is 0 Å². The topological polar surface area (TPSA) is 249 Å². The van der Waals surface area contributed by atoms with Gasteiger partial charge in [0.2, 0.25) is 17.7 Å². The Morgan fingerprint density at radius 3 is 1.82 bits per heavy atom. The summed E-state index contributed by atoms with van der Waals surface area (Å²) in [5.74, 6) is -1.11. The standard InChI is InChI=1S/C29H51N7O9/c37-18-22(40)15-32-26(43)4-7-29(8-5-27(44)33-16-23(41)19-38)25-3-1-2-21(35-25)14-31-10-9-30-11-13-36(29)12-6-28(45)34-17-24(42)20-39/h1-3,22-24,30-31,37-42H,4-20H2,(H,32,43)(H,33,44)(H,34,45)/t22-,23-,24-/m0/s1. The third kappa shape index (κ3) is 14.0. The number of aliphatic hydroxyl groups is 6. The molecule has 256 valence electrons. The molecule has 1 aromatic rings. The largest absolute Gasteiger partial charge is 0.394 e. The molecule has 2 bridgehead atoms. The van der Waals surface area contributed by atoms with Gasteiger partial charge in [0.15, 0.2) is 0 Å². The van der Waals surface area contributed by atoms with Gasteiger partial charge in [-0.1, -0.05) is 6.07 Å². The zero-order chi connectivity index (χ0) is 33.1. The number of aliphatic hydroxyl groups excluding tert-OH is 6. The summed E-state index contributed by atoms with van der Waals surface area (Å²) in [5, 5.41) is 71.0. The Morgan fingerprint density at radius 2 is 1.29 bits per heavy atom. The second-order valence-electron chi connectivity index (χ2n) is 11.1. The van der Waals surface area contributed by atoms with Crippen molar-refractivity contribution in [3.05, 3.63) is 29.6 Å². The Kier molecular flexibility index (Phi) is 18.0. The molecule has 1 aliphatic rings. The lowest BCUT2D eigenvalue weighted by molar-refractivity contribution is -0.125. The number of nitrogens with zero attached hydrogens (tertiary/aromatic N) is 2. The Morgan fingerprint density at radius 1 is 0.778 bits per heavy atom. The average molecular weight is 642 g/mol. The molecule has 0 radical (unpaired) electrons. The van der Waals surface area contributed by atoms with Gasteiger partial charge in [0.25, 0.3) is 0 Å². The van der Waals surface area contributed by atoms with E-state index in [9.17, 15) is 29.7 Å². The highest BCUT2D eigenvalue weighted by atomic mass is 16.3. The predicted molar refractivity (Wildman–Crippen MR) is 163 cm³/mol. The van der Waals surface area contributed by atoms with Gasteiger partial charge in [-0.3, -0.25) is 24.3 Å². The van der Waals surface area contributed by atoms with Gasteiger partial charge in [-0.25, -0.2) is 0 Å². The van der Waals surface area contributed by atoms with E-state index >= 15 is 0 Å². The number of carbonyl (C=O) groups is 3. The van der Waals surface area contributed by atoms with Gasteiger partial charge in [0, 0.05) is 78.2 Å². The molecule has 0 fully saturated rings. The zero-order valence-electron chi connectivity index (χ0n) is 25.8. The van der Waals surface area contributed by atoms with Crippen molar-refractivity contribution in [3.63, 3.8) is 0 Å². The van der Waals surface area contributed by atoms with Crippen LogP contribution in [0.3, 0.4) is 0 Å². The molecule has 2 rings (SSSR count). The molecule has 0 unspecified atom stereocenters. The summed E-state index contributed by atoms with van der Waals surface area (Å²) in [4.78, 5) is 45.6. The fraction of sp³-hybridized carbons (Fsp3) is 0.724. The van der Waals surface area contributed by atoms with Crippen LogP contribution in [0.15, 0.2) is 18.2 Å². The van der Waals surface area contributed by atoms with Gasteiger partial charge in [-0.2, -0.15) is 0 Å². The molecule has 0 saturated carbocycles. The first kappa shape index (κ1) is 38.4. The van der Waals surface area contributed by atoms with Crippen LogP contribution in [0, 0.1) is 0 Å². The Bertz CT molecular complexity index is 1010. The van der Waals surface area contributed by atoms with E-state index in [1.807, 2.05) is 23.1 Å². The summed E-state index contributed by atoms with van der Waals surface area (Å²) in [7, 11) is 0. The fourth-order valence-corrected chi connectivity index (χ4v) is 5.00. The van der Waals surface area contributed by atoms with E-state index in [-0.39, 0.29) is 76.0 Å². The van der Waals surface area contributed by atoms with Gasteiger partial charge in [-0.15, -0.1) is 0 Å². The lowest BCUT2D eigenvalue weighted by Crippen LogP contribution is -2.52. The van der Waals surface area contributed by atoms with Crippen molar-refractivity contribution >= 4 is 17.7 Å². The number of nitrogens with one attached hydrogen (secondary N) is 5. The minimum Gasteiger partial charge on any atom is -0.394 e. The van der Waals surface area contributed by atoms with Crippen LogP contribution in [0.2, 0.25) is 0 Å². The van der Waals surface area contributed by atoms with Crippen LogP contribution in [0.1, 0.15) is 43.5 Å². The molecule has 0 aliphatic carbocycles. The summed E-state index contributed by atoms with van der Waals surface area (Å²) in [6.45, 7) is 1.13. The molecule has 16 nitrogen and oxygen atoms in total. The molecule has 0 saturated heterocycles. The molecule has 3 atom stereocenters. The number of fused-ring (bicyclic) bond motifs is 2. The van der Waals surface area contributed by atoms with E-state index in [0.29, 0.717) is 38.4 Å². The molecule has 0 spiro atoms. The van der Waals surface area contributed by atoms with Crippen molar-refractivity contribution < 1.29 is 45.0 Å². The molecule has 16 heteroatoms. The van der Waals surface area contributed by atoms with Gasteiger partial charge >= 0.3 is 0 Å². The molecule has 1 aliphatic heterocycles. The molecular weight excluding hydrogens is 590 g/mol. The average Bonchev–Trinajstić information content (AvgIpc) is 3.05. The molecule has 11 N–H and O–H groups in total.